The molecular weight excluding hydrogens is 466 g/mol. The fourth-order valence-corrected chi connectivity index (χ4v) is 5.61. The molecule has 0 saturated heterocycles. The van der Waals surface area contributed by atoms with Crippen LogP contribution in [0, 0.1) is 30.1 Å². The van der Waals surface area contributed by atoms with Gasteiger partial charge in [0.1, 0.15) is 17.6 Å². The maximum absolute atomic E-state index is 13.4. The number of carbonyl (C=O) groups excluding carboxylic acids is 3. The van der Waals surface area contributed by atoms with Crippen LogP contribution in [0.4, 0.5) is 0 Å². The smallest absolute Gasteiger partial charge is 0.224 e. The molecule has 37 heavy (non-hydrogen) atoms. The van der Waals surface area contributed by atoms with E-state index < -0.39 is 17.9 Å². The molecule has 3 aromatic rings. The number of hydrogen-bond acceptors (Lipinski definition) is 5. The van der Waals surface area contributed by atoms with Crippen LogP contribution in [0.1, 0.15) is 65.2 Å². The third kappa shape index (κ3) is 5.15. The van der Waals surface area contributed by atoms with Crippen molar-refractivity contribution in [3.8, 4) is 11.8 Å². The number of ketones is 2. The predicted octanol–water partition coefficient (Wildman–Crippen LogP) is 4.78. The van der Waals surface area contributed by atoms with Crippen LogP contribution in [0.5, 0.6) is 5.75 Å². The molecule has 7 heteroatoms. The standard InChI is InChI=1S/C30H31N3O4/c1-17-5-3-6-19-12-26(34)23(29(17)19)14-21(16-31)32-30(36)20(11-18-9-10-18)13-27(35)25-15-22-24(33-25)7-4-8-28(22)37-2/h3-8,15,18,20-21,23,33H,9-14H2,1-2H3,(H,32,36). The fourth-order valence-electron chi connectivity index (χ4n) is 5.61. The Balaban J connectivity index is 1.30. The molecule has 1 fully saturated rings. The molecule has 0 bridgehead atoms. The summed E-state index contributed by atoms with van der Waals surface area (Å²) in [6.07, 6.45) is 3.38. The summed E-state index contributed by atoms with van der Waals surface area (Å²) in [5, 5.41) is 13.5. The van der Waals surface area contributed by atoms with Crippen LogP contribution >= 0.6 is 0 Å². The number of Topliss-reactive ketones (excluding diaryl/α,β-unsaturated/α-hetero) is 2. The minimum Gasteiger partial charge on any atom is -0.496 e. The Hall–Kier alpha value is -3.92. The highest BCUT2D eigenvalue weighted by atomic mass is 16.5. The molecule has 5 rings (SSSR count). The minimum atomic E-state index is -0.804. The number of nitrogens with one attached hydrogen (secondary N) is 2. The second-order valence-corrected chi connectivity index (χ2v) is 10.4. The van der Waals surface area contributed by atoms with Crippen LogP contribution in [-0.4, -0.2) is 35.6 Å². The van der Waals surface area contributed by atoms with Gasteiger partial charge in [0.25, 0.3) is 0 Å². The van der Waals surface area contributed by atoms with Crippen molar-refractivity contribution in [2.45, 2.75) is 57.4 Å². The summed E-state index contributed by atoms with van der Waals surface area (Å²) < 4.78 is 5.40. The second-order valence-electron chi connectivity index (χ2n) is 10.4. The number of fused-ring (bicyclic) bond motifs is 2. The molecule has 1 amide bonds. The van der Waals surface area contributed by atoms with Crippen LogP contribution in [0.25, 0.3) is 10.9 Å². The zero-order valence-corrected chi connectivity index (χ0v) is 21.2. The summed E-state index contributed by atoms with van der Waals surface area (Å²) in [5.41, 5.74) is 4.26. The number of carbonyl (C=O) groups is 3. The summed E-state index contributed by atoms with van der Waals surface area (Å²) in [4.78, 5) is 42.5. The highest BCUT2D eigenvalue weighted by Crippen LogP contribution is 2.38. The highest BCUT2D eigenvalue weighted by molar-refractivity contribution is 6.02. The van der Waals surface area contributed by atoms with Crippen molar-refractivity contribution in [2.24, 2.45) is 11.8 Å². The molecule has 190 valence electrons. The first-order chi connectivity index (χ1) is 17.9. The maximum Gasteiger partial charge on any atom is 0.224 e. The lowest BCUT2D eigenvalue weighted by Crippen LogP contribution is -2.40. The lowest BCUT2D eigenvalue weighted by atomic mass is 9.89. The molecule has 7 nitrogen and oxygen atoms in total. The number of nitriles is 1. The summed E-state index contributed by atoms with van der Waals surface area (Å²) in [7, 11) is 1.59. The Kier molecular flexibility index (Phi) is 6.84. The van der Waals surface area contributed by atoms with Gasteiger partial charge in [0, 0.05) is 35.6 Å². The molecule has 1 heterocycles. The monoisotopic (exact) mass is 497 g/mol. The van der Waals surface area contributed by atoms with Crippen LogP contribution in [-0.2, 0) is 16.0 Å². The number of methoxy groups -OCH3 is 1. The van der Waals surface area contributed by atoms with Gasteiger partial charge in [0.15, 0.2) is 5.78 Å². The fraction of sp³-hybridized carbons (Fsp3) is 0.400. The molecule has 0 radical (unpaired) electrons. The molecule has 3 atom stereocenters. The summed E-state index contributed by atoms with van der Waals surface area (Å²) in [6.45, 7) is 1.97. The van der Waals surface area contributed by atoms with Crippen molar-refractivity contribution < 1.29 is 19.1 Å². The lowest BCUT2D eigenvalue weighted by Gasteiger charge is -2.21. The summed E-state index contributed by atoms with van der Waals surface area (Å²) in [5.74, 6) is -0.187. The van der Waals surface area contributed by atoms with Gasteiger partial charge in [0.05, 0.1) is 18.9 Å². The van der Waals surface area contributed by atoms with Crippen molar-refractivity contribution in [2.75, 3.05) is 7.11 Å². The average Bonchev–Trinajstić information content (AvgIpc) is 3.49. The highest BCUT2D eigenvalue weighted by Gasteiger charge is 2.36. The van der Waals surface area contributed by atoms with Gasteiger partial charge in [-0.3, -0.25) is 14.4 Å². The first kappa shape index (κ1) is 24.8. The van der Waals surface area contributed by atoms with E-state index in [0.717, 1.165) is 40.4 Å². The molecule has 0 spiro atoms. The predicted molar refractivity (Wildman–Crippen MR) is 139 cm³/mol. The first-order valence-corrected chi connectivity index (χ1v) is 12.9. The van der Waals surface area contributed by atoms with Crippen molar-refractivity contribution in [3.63, 3.8) is 0 Å². The quantitative estimate of drug-likeness (QED) is 0.392. The van der Waals surface area contributed by atoms with Gasteiger partial charge >= 0.3 is 0 Å². The van der Waals surface area contributed by atoms with Crippen LogP contribution < -0.4 is 10.1 Å². The Morgan fingerprint density at radius 2 is 1.97 bits per heavy atom. The molecular formula is C30H31N3O4. The third-order valence-electron chi connectivity index (χ3n) is 7.72. The van der Waals surface area contributed by atoms with Gasteiger partial charge < -0.3 is 15.0 Å². The molecule has 1 aromatic heterocycles. The normalized spacial score (nSPS) is 18.2. The van der Waals surface area contributed by atoms with Crippen molar-refractivity contribution in [3.05, 3.63) is 64.8 Å². The Bertz CT molecular complexity index is 1410. The van der Waals surface area contributed by atoms with Crippen molar-refractivity contribution in [1.29, 1.82) is 5.26 Å². The number of ether oxygens (including phenoxy) is 1. The van der Waals surface area contributed by atoms with E-state index in [4.69, 9.17) is 4.74 Å². The number of H-pyrrole nitrogens is 1. The number of amides is 1. The molecule has 2 aliphatic rings. The van der Waals surface area contributed by atoms with E-state index in [-0.39, 0.29) is 30.3 Å². The van der Waals surface area contributed by atoms with Gasteiger partial charge in [0.2, 0.25) is 5.91 Å². The molecule has 2 N–H and O–H groups in total. The molecule has 1 saturated carbocycles. The number of aromatic nitrogens is 1. The van der Waals surface area contributed by atoms with Gasteiger partial charge in [-0.25, -0.2) is 0 Å². The topological polar surface area (TPSA) is 112 Å². The zero-order chi connectivity index (χ0) is 26.1. The van der Waals surface area contributed by atoms with Crippen LogP contribution in [0.3, 0.4) is 0 Å². The molecule has 2 aliphatic carbocycles. The van der Waals surface area contributed by atoms with Crippen LogP contribution in [0.2, 0.25) is 0 Å². The number of benzene rings is 2. The lowest BCUT2D eigenvalue weighted by molar-refractivity contribution is -0.126. The Labute approximate surface area is 216 Å². The van der Waals surface area contributed by atoms with E-state index in [9.17, 15) is 19.6 Å². The van der Waals surface area contributed by atoms with E-state index >= 15 is 0 Å². The van der Waals surface area contributed by atoms with E-state index in [1.165, 1.54) is 0 Å². The first-order valence-electron chi connectivity index (χ1n) is 12.9. The van der Waals surface area contributed by atoms with Gasteiger partial charge in [-0.2, -0.15) is 5.26 Å². The largest absolute Gasteiger partial charge is 0.496 e. The number of aryl methyl sites for hydroxylation is 1. The Morgan fingerprint density at radius 1 is 1.19 bits per heavy atom. The van der Waals surface area contributed by atoms with E-state index in [0.29, 0.717) is 30.2 Å². The number of aromatic amines is 1. The van der Waals surface area contributed by atoms with E-state index in [2.05, 4.69) is 16.4 Å². The van der Waals surface area contributed by atoms with E-state index in [1.54, 1.807) is 13.2 Å². The Morgan fingerprint density at radius 3 is 2.70 bits per heavy atom. The zero-order valence-electron chi connectivity index (χ0n) is 21.2. The third-order valence-corrected chi connectivity index (χ3v) is 7.72. The minimum absolute atomic E-state index is 0.0555. The van der Waals surface area contributed by atoms with Crippen LogP contribution in [0.15, 0.2) is 42.5 Å². The molecule has 3 unspecified atom stereocenters. The average molecular weight is 498 g/mol. The van der Waals surface area contributed by atoms with Gasteiger partial charge in [-0.1, -0.05) is 37.1 Å². The van der Waals surface area contributed by atoms with Gasteiger partial charge in [-0.05, 0) is 60.6 Å². The van der Waals surface area contributed by atoms with E-state index in [1.807, 2.05) is 43.3 Å². The maximum atomic E-state index is 13.4. The summed E-state index contributed by atoms with van der Waals surface area (Å²) in [6, 6.07) is 14.6. The number of hydrogen-bond donors (Lipinski definition) is 2. The molecule has 0 aliphatic heterocycles. The van der Waals surface area contributed by atoms with Gasteiger partial charge in [-0.15, -0.1) is 0 Å². The molecule has 2 aromatic carbocycles. The number of nitrogens with zero attached hydrogens (tertiary/aromatic N) is 1. The summed E-state index contributed by atoms with van der Waals surface area (Å²) >= 11 is 0. The second kappa shape index (κ2) is 10.2. The van der Waals surface area contributed by atoms with Crippen molar-refractivity contribution in [1.82, 2.24) is 10.3 Å². The SMILES string of the molecule is COc1cccc2[nH]c(C(=O)CC(CC3CC3)C(=O)NC(C#N)CC3C(=O)Cc4cccc(C)c43)cc12. The van der Waals surface area contributed by atoms with Crippen molar-refractivity contribution >= 4 is 28.4 Å². The number of rotatable bonds is 10.